The highest BCUT2D eigenvalue weighted by Gasteiger charge is 2.29. The van der Waals surface area contributed by atoms with Crippen molar-refractivity contribution < 1.29 is 4.79 Å². The van der Waals surface area contributed by atoms with Gasteiger partial charge in [0.05, 0.1) is 16.7 Å². The molecule has 0 aliphatic carbocycles. The van der Waals surface area contributed by atoms with E-state index in [0.717, 1.165) is 36.9 Å². The first-order valence-electron chi connectivity index (χ1n) is 7.59. The van der Waals surface area contributed by atoms with E-state index >= 15 is 0 Å². The van der Waals surface area contributed by atoms with Crippen molar-refractivity contribution in [2.45, 2.75) is 26.4 Å². The third kappa shape index (κ3) is 3.36. The second-order valence-corrected chi connectivity index (χ2v) is 6.79. The number of thiazole rings is 1. The molecule has 0 N–H and O–H groups in total. The van der Waals surface area contributed by atoms with Crippen LogP contribution in [-0.4, -0.2) is 40.3 Å². The van der Waals surface area contributed by atoms with Crippen molar-refractivity contribution >= 4 is 17.2 Å². The summed E-state index contributed by atoms with van der Waals surface area (Å²) in [6, 6.07) is 10.4. The topological polar surface area (TPSA) is 36.4 Å². The molecular weight excluding hydrogens is 294 g/mol. The molecular formula is C17H21N3OS. The first-order chi connectivity index (χ1) is 10.6. The van der Waals surface area contributed by atoms with E-state index in [2.05, 4.69) is 27.4 Å². The third-order valence-electron chi connectivity index (χ3n) is 4.11. The number of benzene rings is 1. The van der Waals surface area contributed by atoms with E-state index in [1.807, 2.05) is 30.0 Å². The van der Waals surface area contributed by atoms with Gasteiger partial charge in [0.25, 0.3) is 0 Å². The molecule has 2 aromatic rings. The van der Waals surface area contributed by atoms with Gasteiger partial charge in [-0.25, -0.2) is 4.98 Å². The number of nitrogens with zero attached hydrogens (tertiary/aromatic N) is 3. The highest BCUT2D eigenvalue weighted by atomic mass is 32.1. The molecule has 22 heavy (non-hydrogen) atoms. The summed E-state index contributed by atoms with van der Waals surface area (Å²) >= 11 is 1.69. The lowest BCUT2D eigenvalue weighted by molar-refractivity contribution is -0.134. The summed E-state index contributed by atoms with van der Waals surface area (Å²) in [5, 5.41) is 3.24. The molecule has 1 aliphatic rings. The molecule has 0 unspecified atom stereocenters. The number of aromatic nitrogens is 1. The Bertz CT molecular complexity index is 640. The molecule has 0 radical (unpaired) electrons. The van der Waals surface area contributed by atoms with Crippen LogP contribution in [0.25, 0.3) is 0 Å². The molecule has 116 valence electrons. The number of amides is 1. The highest BCUT2D eigenvalue weighted by molar-refractivity contribution is 7.09. The predicted molar refractivity (Wildman–Crippen MR) is 88.7 cm³/mol. The van der Waals surface area contributed by atoms with Gasteiger partial charge in [-0.05, 0) is 12.5 Å². The van der Waals surface area contributed by atoms with Gasteiger partial charge in [0.15, 0.2) is 0 Å². The molecule has 1 atom stereocenters. The first kappa shape index (κ1) is 15.2. The standard InChI is InChI=1S/C17H21N3OS/c1-13-18-16(12-22-13)10-19-8-9-20(14(2)21)17(11-19)15-6-4-3-5-7-15/h3-7,12,17H,8-11H2,1-2H3/t17-/m1/s1. The highest BCUT2D eigenvalue weighted by Crippen LogP contribution is 2.26. The molecule has 1 fully saturated rings. The van der Waals surface area contributed by atoms with Gasteiger partial charge in [-0.15, -0.1) is 11.3 Å². The van der Waals surface area contributed by atoms with Gasteiger partial charge in [0.2, 0.25) is 5.91 Å². The normalized spacial score (nSPS) is 19.4. The van der Waals surface area contributed by atoms with Crippen LogP contribution in [0.3, 0.4) is 0 Å². The lowest BCUT2D eigenvalue weighted by atomic mass is 10.0. The van der Waals surface area contributed by atoms with Gasteiger partial charge >= 0.3 is 0 Å². The fourth-order valence-electron chi connectivity index (χ4n) is 3.03. The fourth-order valence-corrected chi connectivity index (χ4v) is 3.63. The second kappa shape index (κ2) is 6.58. The van der Waals surface area contributed by atoms with E-state index in [1.165, 1.54) is 5.56 Å². The van der Waals surface area contributed by atoms with Crippen molar-refractivity contribution in [3.8, 4) is 0 Å². The number of carbonyl (C=O) groups excluding carboxylic acids is 1. The van der Waals surface area contributed by atoms with Crippen LogP contribution in [0.2, 0.25) is 0 Å². The maximum Gasteiger partial charge on any atom is 0.220 e. The van der Waals surface area contributed by atoms with Gasteiger partial charge in [-0.2, -0.15) is 0 Å². The Hall–Kier alpha value is -1.72. The summed E-state index contributed by atoms with van der Waals surface area (Å²) < 4.78 is 0. The Morgan fingerprint density at radius 1 is 1.32 bits per heavy atom. The summed E-state index contributed by atoms with van der Waals surface area (Å²) in [6.45, 7) is 7.10. The van der Waals surface area contributed by atoms with Crippen molar-refractivity contribution in [3.63, 3.8) is 0 Å². The average molecular weight is 315 g/mol. The Kier molecular flexibility index (Phi) is 4.55. The van der Waals surface area contributed by atoms with E-state index in [0.29, 0.717) is 0 Å². The van der Waals surface area contributed by atoms with Crippen LogP contribution in [0.1, 0.15) is 29.2 Å². The van der Waals surface area contributed by atoms with Crippen molar-refractivity contribution in [1.29, 1.82) is 0 Å². The summed E-state index contributed by atoms with van der Waals surface area (Å²) in [5.41, 5.74) is 2.34. The molecule has 3 rings (SSSR count). The molecule has 0 spiro atoms. The SMILES string of the molecule is CC(=O)N1CCN(Cc2csc(C)n2)C[C@@H]1c1ccccc1. The second-order valence-electron chi connectivity index (χ2n) is 5.73. The van der Waals surface area contributed by atoms with Crippen molar-refractivity contribution in [2.75, 3.05) is 19.6 Å². The molecule has 0 saturated carbocycles. The summed E-state index contributed by atoms with van der Waals surface area (Å²) in [6.07, 6.45) is 0. The molecule has 1 aliphatic heterocycles. The maximum absolute atomic E-state index is 11.9. The van der Waals surface area contributed by atoms with Crippen LogP contribution in [0.15, 0.2) is 35.7 Å². The van der Waals surface area contributed by atoms with E-state index in [9.17, 15) is 4.79 Å². The lowest BCUT2D eigenvalue weighted by Crippen LogP contribution is -2.49. The van der Waals surface area contributed by atoms with Crippen LogP contribution < -0.4 is 0 Å². The monoisotopic (exact) mass is 315 g/mol. The summed E-state index contributed by atoms with van der Waals surface area (Å²) in [4.78, 5) is 20.9. The zero-order valence-electron chi connectivity index (χ0n) is 13.0. The van der Waals surface area contributed by atoms with E-state index in [4.69, 9.17) is 0 Å². The largest absolute Gasteiger partial charge is 0.333 e. The zero-order chi connectivity index (χ0) is 15.5. The van der Waals surface area contributed by atoms with Crippen molar-refractivity contribution in [3.05, 3.63) is 52.0 Å². The van der Waals surface area contributed by atoms with Crippen LogP contribution in [0, 0.1) is 6.92 Å². The predicted octanol–water partition coefficient (Wildman–Crippen LogP) is 2.86. The van der Waals surface area contributed by atoms with E-state index in [-0.39, 0.29) is 11.9 Å². The number of carbonyl (C=O) groups is 1. The Balaban J connectivity index is 1.76. The van der Waals surface area contributed by atoms with Crippen LogP contribution >= 0.6 is 11.3 Å². The molecule has 1 saturated heterocycles. The Morgan fingerprint density at radius 3 is 2.73 bits per heavy atom. The minimum absolute atomic E-state index is 0.132. The molecule has 5 heteroatoms. The molecule has 4 nitrogen and oxygen atoms in total. The maximum atomic E-state index is 11.9. The number of piperazine rings is 1. The molecule has 2 heterocycles. The third-order valence-corrected chi connectivity index (χ3v) is 4.93. The number of aryl methyl sites for hydroxylation is 1. The van der Waals surface area contributed by atoms with Crippen LogP contribution in [0.5, 0.6) is 0 Å². The zero-order valence-corrected chi connectivity index (χ0v) is 13.8. The smallest absolute Gasteiger partial charge is 0.220 e. The van der Waals surface area contributed by atoms with Crippen LogP contribution in [0.4, 0.5) is 0 Å². The number of rotatable bonds is 3. The molecule has 1 amide bonds. The average Bonchev–Trinajstić information content (AvgIpc) is 2.93. The molecule has 0 bridgehead atoms. The summed E-state index contributed by atoms with van der Waals surface area (Å²) in [7, 11) is 0. The minimum atomic E-state index is 0.132. The van der Waals surface area contributed by atoms with Gasteiger partial charge in [-0.3, -0.25) is 9.69 Å². The van der Waals surface area contributed by atoms with Gasteiger partial charge in [0, 0.05) is 38.5 Å². The fraction of sp³-hybridized carbons (Fsp3) is 0.412. The number of hydrogen-bond acceptors (Lipinski definition) is 4. The van der Waals surface area contributed by atoms with Crippen molar-refractivity contribution in [2.24, 2.45) is 0 Å². The van der Waals surface area contributed by atoms with Gasteiger partial charge < -0.3 is 4.90 Å². The molecule has 1 aromatic carbocycles. The van der Waals surface area contributed by atoms with Gasteiger partial charge in [0.1, 0.15) is 0 Å². The quantitative estimate of drug-likeness (QED) is 0.874. The van der Waals surface area contributed by atoms with Crippen molar-refractivity contribution in [1.82, 2.24) is 14.8 Å². The lowest BCUT2D eigenvalue weighted by Gasteiger charge is -2.41. The Morgan fingerprint density at radius 2 is 2.09 bits per heavy atom. The van der Waals surface area contributed by atoms with Gasteiger partial charge in [-0.1, -0.05) is 30.3 Å². The number of hydrogen-bond donors (Lipinski definition) is 0. The van der Waals surface area contributed by atoms with E-state index in [1.54, 1.807) is 18.3 Å². The Labute approximate surface area is 135 Å². The summed E-state index contributed by atoms with van der Waals surface area (Å²) in [5.74, 6) is 0.151. The van der Waals surface area contributed by atoms with E-state index < -0.39 is 0 Å². The molecule has 1 aromatic heterocycles. The minimum Gasteiger partial charge on any atom is -0.333 e. The van der Waals surface area contributed by atoms with Crippen LogP contribution in [-0.2, 0) is 11.3 Å². The first-order valence-corrected chi connectivity index (χ1v) is 8.47.